The van der Waals surface area contributed by atoms with Gasteiger partial charge in [-0.1, -0.05) is 12.1 Å². The first kappa shape index (κ1) is 25.1. The van der Waals surface area contributed by atoms with Gasteiger partial charge < -0.3 is 15.7 Å². The van der Waals surface area contributed by atoms with Crippen molar-refractivity contribution in [1.82, 2.24) is 20.5 Å². The second kappa shape index (κ2) is 10.7. The van der Waals surface area contributed by atoms with Gasteiger partial charge in [-0.3, -0.25) is 19.5 Å². The highest BCUT2D eigenvalue weighted by molar-refractivity contribution is 5.96. The van der Waals surface area contributed by atoms with Crippen LogP contribution in [0.4, 0.5) is 13.2 Å². The summed E-state index contributed by atoms with van der Waals surface area (Å²) in [6.45, 7) is 0.571. The van der Waals surface area contributed by atoms with Gasteiger partial charge in [-0.15, -0.1) is 0 Å². The molecule has 3 N–H and O–H groups in total. The van der Waals surface area contributed by atoms with Crippen molar-refractivity contribution in [3.8, 4) is 0 Å². The Kier molecular flexibility index (Phi) is 7.71. The molecule has 0 spiro atoms. The van der Waals surface area contributed by atoms with E-state index in [1.54, 1.807) is 0 Å². The van der Waals surface area contributed by atoms with Crippen LogP contribution in [0.15, 0.2) is 48.7 Å². The number of likely N-dealkylation sites (tertiary alicyclic amines) is 1. The number of nitrogens with zero attached hydrogens (tertiary/aromatic N) is 2. The van der Waals surface area contributed by atoms with Gasteiger partial charge in [0.05, 0.1) is 24.3 Å². The molecule has 0 bridgehead atoms. The lowest BCUT2D eigenvalue weighted by Gasteiger charge is -2.34. The Morgan fingerprint density at radius 3 is 2.51 bits per heavy atom. The van der Waals surface area contributed by atoms with Crippen LogP contribution in [0.5, 0.6) is 0 Å². The fourth-order valence-corrected chi connectivity index (χ4v) is 4.97. The fraction of sp³-hybridized carbons (Fsp3) is 0.480. The molecule has 10 heteroatoms. The number of aliphatic hydroxyl groups excluding tert-OH is 1. The van der Waals surface area contributed by atoms with Gasteiger partial charge >= 0.3 is 6.18 Å². The highest BCUT2D eigenvalue weighted by Gasteiger charge is 2.37. The number of hydrogen-bond donors (Lipinski definition) is 3. The average molecular weight is 491 g/mol. The summed E-state index contributed by atoms with van der Waals surface area (Å²) >= 11 is 0. The number of hydrogen-bond acceptors (Lipinski definition) is 5. The van der Waals surface area contributed by atoms with Crippen LogP contribution >= 0.6 is 0 Å². The van der Waals surface area contributed by atoms with Gasteiger partial charge in [-0.05, 0) is 56.0 Å². The van der Waals surface area contributed by atoms with Crippen LogP contribution in [0, 0.1) is 0 Å². The average Bonchev–Trinajstić information content (AvgIpc) is 3.22. The number of halogens is 3. The molecule has 188 valence electrons. The van der Waals surface area contributed by atoms with Crippen LogP contribution in [0.25, 0.3) is 0 Å². The van der Waals surface area contributed by atoms with E-state index in [1.165, 1.54) is 6.07 Å². The third kappa shape index (κ3) is 6.37. The Hall–Kier alpha value is -2.98. The molecule has 1 aliphatic carbocycles. The maximum absolute atomic E-state index is 12.8. The lowest BCUT2D eigenvalue weighted by atomic mass is 9.83. The summed E-state index contributed by atoms with van der Waals surface area (Å²) in [6.07, 6.45) is 0.540. The molecule has 2 fully saturated rings. The molecule has 1 saturated heterocycles. The summed E-state index contributed by atoms with van der Waals surface area (Å²) in [4.78, 5) is 31.2. The SMILES string of the molecule is O=C(CNC(=O)c1cccc(C(F)(F)F)c1)N[C@H]1CN(C2CCC(c3ccccn3)CC2)C[C@H]1O. The topological polar surface area (TPSA) is 94.6 Å². The highest BCUT2D eigenvalue weighted by Crippen LogP contribution is 2.35. The Balaban J connectivity index is 1.23. The van der Waals surface area contributed by atoms with E-state index in [4.69, 9.17) is 0 Å². The number of alkyl halides is 3. The summed E-state index contributed by atoms with van der Waals surface area (Å²) in [7, 11) is 0. The van der Waals surface area contributed by atoms with Crippen molar-refractivity contribution in [3.05, 3.63) is 65.5 Å². The summed E-state index contributed by atoms with van der Waals surface area (Å²) in [5.74, 6) is -0.837. The Morgan fingerprint density at radius 2 is 1.83 bits per heavy atom. The molecular formula is C25H29F3N4O3. The number of nitrogens with one attached hydrogen (secondary N) is 2. The smallest absolute Gasteiger partial charge is 0.390 e. The largest absolute Gasteiger partial charge is 0.416 e. The van der Waals surface area contributed by atoms with Crippen LogP contribution in [-0.4, -0.2) is 64.6 Å². The molecule has 2 aliphatic rings. The van der Waals surface area contributed by atoms with Crippen molar-refractivity contribution in [2.75, 3.05) is 19.6 Å². The van der Waals surface area contributed by atoms with Crippen molar-refractivity contribution >= 4 is 11.8 Å². The van der Waals surface area contributed by atoms with E-state index in [2.05, 4.69) is 26.6 Å². The summed E-state index contributed by atoms with van der Waals surface area (Å²) in [5, 5.41) is 15.6. The Labute approximate surface area is 201 Å². The molecule has 4 rings (SSSR count). The predicted molar refractivity (Wildman–Crippen MR) is 123 cm³/mol. The second-order valence-electron chi connectivity index (χ2n) is 9.22. The zero-order valence-electron chi connectivity index (χ0n) is 19.2. The molecule has 0 radical (unpaired) electrons. The third-order valence-electron chi connectivity index (χ3n) is 6.84. The summed E-state index contributed by atoms with van der Waals surface area (Å²) in [6, 6.07) is 9.84. The van der Waals surface area contributed by atoms with Gasteiger partial charge in [0.15, 0.2) is 0 Å². The minimum Gasteiger partial charge on any atom is -0.390 e. The molecule has 1 aromatic heterocycles. The number of carbonyl (C=O) groups is 2. The van der Waals surface area contributed by atoms with Crippen LogP contribution in [0.3, 0.4) is 0 Å². The van der Waals surface area contributed by atoms with Crippen molar-refractivity contribution in [2.45, 2.75) is 56.0 Å². The maximum atomic E-state index is 12.8. The second-order valence-corrected chi connectivity index (χ2v) is 9.22. The number of aliphatic hydroxyl groups is 1. The van der Waals surface area contributed by atoms with Crippen molar-refractivity contribution in [2.24, 2.45) is 0 Å². The maximum Gasteiger partial charge on any atom is 0.416 e. The summed E-state index contributed by atoms with van der Waals surface area (Å²) in [5.41, 5.74) is 0.00330. The number of aromatic nitrogens is 1. The first-order valence-corrected chi connectivity index (χ1v) is 11.8. The molecule has 1 aromatic carbocycles. The van der Waals surface area contributed by atoms with Gasteiger partial charge in [-0.25, -0.2) is 0 Å². The fourth-order valence-electron chi connectivity index (χ4n) is 4.97. The molecule has 0 unspecified atom stereocenters. The van der Waals surface area contributed by atoms with Gasteiger partial charge in [0.25, 0.3) is 5.91 Å². The quantitative estimate of drug-likeness (QED) is 0.579. The Bertz CT molecular complexity index is 1030. The van der Waals surface area contributed by atoms with E-state index < -0.39 is 42.2 Å². The first-order valence-electron chi connectivity index (χ1n) is 11.8. The highest BCUT2D eigenvalue weighted by atomic mass is 19.4. The minimum absolute atomic E-state index is 0.180. The number of carbonyl (C=O) groups excluding carboxylic acids is 2. The van der Waals surface area contributed by atoms with Gasteiger partial charge in [-0.2, -0.15) is 13.2 Å². The number of benzene rings is 1. The van der Waals surface area contributed by atoms with Crippen LogP contribution < -0.4 is 10.6 Å². The predicted octanol–water partition coefficient (Wildman–Crippen LogP) is 2.72. The van der Waals surface area contributed by atoms with Crippen molar-refractivity contribution in [1.29, 1.82) is 0 Å². The molecule has 2 amide bonds. The molecule has 1 aliphatic heterocycles. The molecule has 2 aromatic rings. The molecule has 7 nitrogen and oxygen atoms in total. The first-order chi connectivity index (χ1) is 16.7. The molecule has 35 heavy (non-hydrogen) atoms. The van der Waals surface area contributed by atoms with Gasteiger partial charge in [0.2, 0.25) is 5.91 Å². The summed E-state index contributed by atoms with van der Waals surface area (Å²) < 4.78 is 38.5. The molecular weight excluding hydrogens is 461 g/mol. The molecule has 2 heterocycles. The van der Waals surface area contributed by atoms with Crippen molar-refractivity contribution in [3.63, 3.8) is 0 Å². The van der Waals surface area contributed by atoms with E-state index >= 15 is 0 Å². The molecule has 1 saturated carbocycles. The lowest BCUT2D eigenvalue weighted by molar-refractivity contribution is -0.137. The van der Waals surface area contributed by atoms with Gasteiger partial charge in [0, 0.05) is 42.5 Å². The normalized spacial score (nSPS) is 25.3. The van der Waals surface area contributed by atoms with E-state index in [-0.39, 0.29) is 5.56 Å². The molecule has 2 atom stereocenters. The van der Waals surface area contributed by atoms with E-state index in [0.29, 0.717) is 25.0 Å². The van der Waals surface area contributed by atoms with Crippen molar-refractivity contribution < 1.29 is 27.9 Å². The number of amides is 2. The number of β-amino-alcohol motifs (C(OH)–C–C–N with tert-alkyl or cyclic N) is 1. The minimum atomic E-state index is -4.56. The zero-order chi connectivity index (χ0) is 25.0. The van der Waals surface area contributed by atoms with Crippen LogP contribution in [0.1, 0.15) is 53.2 Å². The third-order valence-corrected chi connectivity index (χ3v) is 6.84. The lowest BCUT2D eigenvalue weighted by Crippen LogP contribution is -2.47. The van der Waals surface area contributed by atoms with E-state index in [0.717, 1.165) is 49.6 Å². The zero-order valence-corrected chi connectivity index (χ0v) is 19.2. The van der Waals surface area contributed by atoms with Crippen LogP contribution in [0.2, 0.25) is 0 Å². The Morgan fingerprint density at radius 1 is 1.06 bits per heavy atom. The number of pyridine rings is 1. The number of rotatable bonds is 6. The monoisotopic (exact) mass is 490 g/mol. The van der Waals surface area contributed by atoms with E-state index in [1.807, 2.05) is 18.3 Å². The van der Waals surface area contributed by atoms with E-state index in [9.17, 15) is 27.9 Å². The van der Waals surface area contributed by atoms with Gasteiger partial charge in [0.1, 0.15) is 0 Å². The van der Waals surface area contributed by atoms with Crippen LogP contribution in [-0.2, 0) is 11.0 Å². The standard InChI is InChI=1S/C25H29F3N4O3/c26-25(27,28)18-5-3-4-17(12-18)24(35)30-13-23(34)31-21-14-32(15-22(21)33)19-9-7-16(8-10-19)20-6-1-2-11-29-20/h1-6,11-12,16,19,21-22,33H,7-10,13-15H2,(H,30,35)(H,31,34)/t16?,19?,21-,22+/m0/s1.